The molecule has 4 heteroatoms. The van der Waals surface area contributed by atoms with E-state index in [4.69, 9.17) is 0 Å². The summed E-state index contributed by atoms with van der Waals surface area (Å²) in [6, 6.07) is 0. The van der Waals surface area contributed by atoms with Gasteiger partial charge in [-0.2, -0.15) is 0 Å². The quantitative estimate of drug-likeness (QED) is 0.847. The molecule has 1 unspecified atom stereocenters. The molecule has 0 spiro atoms. The van der Waals surface area contributed by atoms with E-state index in [1.807, 2.05) is 0 Å². The summed E-state index contributed by atoms with van der Waals surface area (Å²) < 4.78 is 0.731. The van der Waals surface area contributed by atoms with Crippen LogP contribution in [0.15, 0.2) is 4.79 Å². The van der Waals surface area contributed by atoms with Gasteiger partial charge in [0, 0.05) is 5.92 Å². The van der Waals surface area contributed by atoms with E-state index >= 15 is 0 Å². The molecule has 88 valence electrons. The Hall–Kier alpha value is -0.390. The van der Waals surface area contributed by atoms with E-state index in [2.05, 4.69) is 60.3 Å². The van der Waals surface area contributed by atoms with Crippen LogP contribution in [-0.2, 0) is 0 Å². The Kier molecular flexibility index (Phi) is 2.88. The Morgan fingerprint density at radius 2 is 2.06 bits per heavy atom. The minimum absolute atomic E-state index is 0.0111. The summed E-state index contributed by atoms with van der Waals surface area (Å²) in [5.74, 6) is 1.60. The standard InChI is InChI=1S/C12H17IN2O/c1-6(2)9-8(13)11(16)15-10(14-9)7-5-12(7,3)4/h6-7H,5H2,1-4H3,(H,14,15,16). The van der Waals surface area contributed by atoms with Crippen LogP contribution in [-0.4, -0.2) is 9.97 Å². The Morgan fingerprint density at radius 1 is 1.50 bits per heavy atom. The second-order valence-corrected chi connectivity index (χ2v) is 6.63. The molecule has 1 aliphatic rings. The van der Waals surface area contributed by atoms with Gasteiger partial charge < -0.3 is 4.98 Å². The predicted octanol–water partition coefficient (Wildman–Crippen LogP) is 3.01. The van der Waals surface area contributed by atoms with Crippen LogP contribution < -0.4 is 5.56 Å². The van der Waals surface area contributed by atoms with Crippen molar-refractivity contribution in [1.82, 2.24) is 9.97 Å². The maximum Gasteiger partial charge on any atom is 0.264 e. The van der Waals surface area contributed by atoms with Crippen LogP contribution in [0.25, 0.3) is 0 Å². The lowest BCUT2D eigenvalue weighted by Gasteiger charge is -2.10. The van der Waals surface area contributed by atoms with Crippen molar-refractivity contribution in [2.24, 2.45) is 5.41 Å². The van der Waals surface area contributed by atoms with Gasteiger partial charge in [0.2, 0.25) is 0 Å². The van der Waals surface area contributed by atoms with Crippen molar-refractivity contribution in [1.29, 1.82) is 0 Å². The molecule has 1 fully saturated rings. The second kappa shape index (κ2) is 3.82. The molecule has 1 aromatic rings. The molecule has 3 nitrogen and oxygen atoms in total. The summed E-state index contributed by atoms with van der Waals surface area (Å²) in [4.78, 5) is 19.3. The van der Waals surface area contributed by atoms with Gasteiger partial charge in [-0.05, 0) is 40.3 Å². The van der Waals surface area contributed by atoms with Crippen molar-refractivity contribution in [3.8, 4) is 0 Å². The summed E-state index contributed by atoms with van der Waals surface area (Å²) in [6.07, 6.45) is 1.12. The number of rotatable bonds is 2. The molecular formula is C12H17IN2O. The first-order valence-corrected chi connectivity index (χ1v) is 6.70. The second-order valence-electron chi connectivity index (χ2n) is 5.55. The lowest BCUT2D eigenvalue weighted by Crippen LogP contribution is -2.19. The van der Waals surface area contributed by atoms with Gasteiger partial charge in [-0.1, -0.05) is 27.7 Å². The van der Waals surface area contributed by atoms with E-state index in [0.29, 0.717) is 17.3 Å². The minimum Gasteiger partial charge on any atom is -0.309 e. The van der Waals surface area contributed by atoms with Crippen LogP contribution in [0.3, 0.4) is 0 Å². The summed E-state index contributed by atoms with van der Waals surface area (Å²) in [7, 11) is 0. The number of hydrogen-bond donors (Lipinski definition) is 1. The molecule has 0 bridgehead atoms. The highest BCUT2D eigenvalue weighted by molar-refractivity contribution is 14.1. The molecule has 0 saturated heterocycles. The normalized spacial score (nSPS) is 22.5. The van der Waals surface area contributed by atoms with E-state index in [9.17, 15) is 4.79 Å². The van der Waals surface area contributed by atoms with Crippen LogP contribution in [0.2, 0.25) is 0 Å². The van der Waals surface area contributed by atoms with E-state index in [1.165, 1.54) is 0 Å². The van der Waals surface area contributed by atoms with Crippen molar-refractivity contribution in [3.05, 3.63) is 25.4 Å². The van der Waals surface area contributed by atoms with Gasteiger partial charge in [0.25, 0.3) is 5.56 Å². The molecule has 0 radical (unpaired) electrons. The fraction of sp³-hybridized carbons (Fsp3) is 0.667. The van der Waals surface area contributed by atoms with Gasteiger partial charge in [0.05, 0.1) is 9.26 Å². The molecule has 1 heterocycles. The van der Waals surface area contributed by atoms with Crippen molar-refractivity contribution >= 4 is 22.6 Å². The average molecular weight is 332 g/mol. The number of nitrogens with one attached hydrogen (secondary N) is 1. The highest BCUT2D eigenvalue weighted by Crippen LogP contribution is 2.57. The van der Waals surface area contributed by atoms with Gasteiger partial charge in [0.1, 0.15) is 5.82 Å². The van der Waals surface area contributed by atoms with Crippen LogP contribution in [0.4, 0.5) is 0 Å². The number of hydrogen-bond acceptors (Lipinski definition) is 2. The Balaban J connectivity index is 2.46. The third-order valence-electron chi connectivity index (χ3n) is 3.30. The molecule has 2 rings (SSSR count). The summed E-state index contributed by atoms with van der Waals surface area (Å²) >= 11 is 2.08. The lowest BCUT2D eigenvalue weighted by atomic mass is 10.1. The highest BCUT2D eigenvalue weighted by atomic mass is 127. The molecule has 1 atom stereocenters. The van der Waals surface area contributed by atoms with E-state index < -0.39 is 0 Å². The smallest absolute Gasteiger partial charge is 0.264 e. The average Bonchev–Trinajstić information content (AvgIpc) is 2.79. The van der Waals surface area contributed by atoms with Crippen LogP contribution in [0.1, 0.15) is 57.5 Å². The Labute approximate surface area is 109 Å². The van der Waals surface area contributed by atoms with Crippen LogP contribution in [0, 0.1) is 8.99 Å². The zero-order valence-corrected chi connectivity index (χ0v) is 12.3. The SMILES string of the molecule is CC(C)c1nc(C2CC2(C)C)[nH]c(=O)c1I. The fourth-order valence-corrected chi connectivity index (χ4v) is 2.85. The largest absolute Gasteiger partial charge is 0.309 e. The first-order valence-electron chi connectivity index (χ1n) is 5.62. The monoisotopic (exact) mass is 332 g/mol. The minimum atomic E-state index is 0.0111. The summed E-state index contributed by atoms with van der Waals surface area (Å²) in [6.45, 7) is 8.58. The molecule has 1 aromatic heterocycles. The van der Waals surface area contributed by atoms with Crippen molar-refractivity contribution < 1.29 is 0 Å². The van der Waals surface area contributed by atoms with Gasteiger partial charge in [-0.3, -0.25) is 4.79 Å². The predicted molar refractivity (Wildman–Crippen MR) is 72.8 cm³/mol. The first kappa shape index (κ1) is 12.1. The van der Waals surface area contributed by atoms with E-state index in [1.54, 1.807) is 0 Å². The maximum absolute atomic E-state index is 11.8. The van der Waals surface area contributed by atoms with E-state index in [0.717, 1.165) is 21.5 Å². The van der Waals surface area contributed by atoms with Crippen LogP contribution in [0.5, 0.6) is 0 Å². The van der Waals surface area contributed by atoms with Crippen molar-refractivity contribution in [3.63, 3.8) is 0 Å². The molecule has 1 N–H and O–H groups in total. The first-order chi connectivity index (χ1) is 7.33. The lowest BCUT2D eigenvalue weighted by molar-refractivity contribution is 0.603. The van der Waals surface area contributed by atoms with Crippen molar-refractivity contribution in [2.45, 2.75) is 46.0 Å². The Bertz CT molecular complexity index is 476. The topological polar surface area (TPSA) is 45.8 Å². The zero-order valence-electron chi connectivity index (χ0n) is 10.1. The number of aromatic amines is 1. The fourth-order valence-electron chi connectivity index (χ4n) is 1.98. The van der Waals surface area contributed by atoms with Gasteiger partial charge in [-0.15, -0.1) is 0 Å². The molecule has 1 aliphatic carbocycles. The van der Waals surface area contributed by atoms with Crippen molar-refractivity contribution in [2.75, 3.05) is 0 Å². The molecule has 0 aliphatic heterocycles. The molecular weight excluding hydrogens is 315 g/mol. The third-order valence-corrected chi connectivity index (χ3v) is 4.34. The summed E-state index contributed by atoms with van der Waals surface area (Å²) in [5, 5.41) is 0. The summed E-state index contributed by atoms with van der Waals surface area (Å²) in [5.41, 5.74) is 1.25. The van der Waals surface area contributed by atoms with Gasteiger partial charge >= 0.3 is 0 Å². The highest BCUT2D eigenvalue weighted by Gasteiger charge is 2.48. The third kappa shape index (κ3) is 2.04. The maximum atomic E-state index is 11.8. The number of H-pyrrole nitrogens is 1. The molecule has 16 heavy (non-hydrogen) atoms. The zero-order chi connectivity index (χ0) is 12.1. The van der Waals surface area contributed by atoms with Gasteiger partial charge in [0.15, 0.2) is 0 Å². The number of nitrogens with zero attached hydrogens (tertiary/aromatic N) is 1. The van der Waals surface area contributed by atoms with Crippen LogP contribution >= 0.6 is 22.6 Å². The molecule has 1 saturated carbocycles. The Morgan fingerprint density at radius 3 is 2.50 bits per heavy atom. The molecule has 0 aromatic carbocycles. The number of aromatic nitrogens is 2. The van der Waals surface area contributed by atoms with E-state index in [-0.39, 0.29) is 5.56 Å². The molecule has 0 amide bonds. The van der Waals surface area contributed by atoms with Gasteiger partial charge in [-0.25, -0.2) is 4.98 Å². The number of halogens is 1.